The van der Waals surface area contributed by atoms with E-state index in [0.717, 1.165) is 22.9 Å². The molecule has 0 saturated heterocycles. The largest absolute Gasteiger partial charge is 0.416 e. The molecule has 0 radical (unpaired) electrons. The lowest BCUT2D eigenvalue weighted by Gasteiger charge is -2.14. The second-order valence-electron chi connectivity index (χ2n) is 5.53. The van der Waals surface area contributed by atoms with Crippen LogP contribution in [0.5, 0.6) is 0 Å². The predicted molar refractivity (Wildman–Crippen MR) is 109 cm³/mol. The molecule has 0 aliphatic carbocycles. The molecule has 0 aromatic heterocycles. The number of thioether (sulfide) groups is 1. The van der Waals surface area contributed by atoms with Crippen molar-refractivity contribution in [3.8, 4) is 0 Å². The first kappa shape index (κ1) is 20.9. The van der Waals surface area contributed by atoms with Crippen molar-refractivity contribution in [1.82, 2.24) is 0 Å². The van der Waals surface area contributed by atoms with E-state index in [1.165, 1.54) is 17.8 Å². The molecule has 0 heterocycles. The molecule has 0 spiro atoms. The van der Waals surface area contributed by atoms with Gasteiger partial charge in [0.1, 0.15) is 0 Å². The van der Waals surface area contributed by atoms with Crippen LogP contribution in [-0.4, -0.2) is 12.2 Å². The smallest absolute Gasteiger partial charge is 0.369 e. The van der Waals surface area contributed by atoms with Crippen molar-refractivity contribution >= 4 is 52.3 Å². The second kappa shape index (κ2) is 8.54. The first-order valence-corrected chi connectivity index (χ1v) is 8.95. The third-order valence-electron chi connectivity index (χ3n) is 3.80. The Hall–Kier alpha value is -2.38. The molecule has 0 aliphatic heterocycles. The number of rotatable bonds is 3. The van der Waals surface area contributed by atoms with Gasteiger partial charge in [-0.25, -0.2) is 4.99 Å². The van der Waals surface area contributed by atoms with Gasteiger partial charge < -0.3 is 11.1 Å². The molecule has 3 N–H and O–H groups in total. The lowest BCUT2D eigenvalue weighted by molar-refractivity contribution is -0.137. The van der Waals surface area contributed by atoms with Crippen LogP contribution in [0.2, 0.25) is 0 Å². The summed E-state index contributed by atoms with van der Waals surface area (Å²) in [6.07, 6.45) is -2.64. The zero-order valence-electron chi connectivity index (χ0n) is 14.2. The van der Waals surface area contributed by atoms with Gasteiger partial charge in [-0.3, -0.25) is 0 Å². The average Bonchev–Trinajstić information content (AvgIpc) is 2.61. The van der Waals surface area contributed by atoms with Crippen LogP contribution in [-0.2, 0) is 6.18 Å². The summed E-state index contributed by atoms with van der Waals surface area (Å²) in [4.78, 5) is 4.99. The summed E-state index contributed by atoms with van der Waals surface area (Å²) in [5.74, 6) is 0.0241. The van der Waals surface area contributed by atoms with Gasteiger partial charge in [0.05, 0.1) is 16.9 Å². The lowest BCUT2D eigenvalue weighted by Crippen LogP contribution is -2.22. The summed E-state index contributed by atoms with van der Waals surface area (Å²) in [5, 5.41) is 4.71. The number of guanidine groups is 1. The van der Waals surface area contributed by atoms with E-state index in [-0.39, 0.29) is 24.1 Å². The van der Waals surface area contributed by atoms with Gasteiger partial charge in [0.25, 0.3) is 0 Å². The number of hydrogen-bond acceptors (Lipinski definition) is 2. The van der Waals surface area contributed by atoms with Gasteiger partial charge in [-0.2, -0.15) is 13.2 Å². The number of anilines is 1. The van der Waals surface area contributed by atoms with Crippen molar-refractivity contribution in [2.45, 2.75) is 11.1 Å². The molecule has 0 amide bonds. The number of nitrogens with two attached hydrogens (primary N) is 1. The summed E-state index contributed by atoms with van der Waals surface area (Å²) in [6.45, 7) is 0. The van der Waals surface area contributed by atoms with E-state index in [1.54, 1.807) is 12.3 Å². The zero-order chi connectivity index (χ0) is 18.7. The minimum absolute atomic E-state index is 0. The van der Waals surface area contributed by atoms with E-state index in [9.17, 15) is 13.2 Å². The molecule has 8 heteroatoms. The molecule has 3 rings (SSSR count). The van der Waals surface area contributed by atoms with Gasteiger partial charge in [-0.1, -0.05) is 36.4 Å². The third kappa shape index (κ3) is 4.87. The Morgan fingerprint density at radius 1 is 1.04 bits per heavy atom. The molecule has 0 fully saturated rings. The molecular weight excluding hydrogens is 395 g/mol. The van der Waals surface area contributed by atoms with Crippen LogP contribution in [0.3, 0.4) is 0 Å². The van der Waals surface area contributed by atoms with E-state index in [4.69, 9.17) is 5.73 Å². The fourth-order valence-electron chi connectivity index (χ4n) is 2.58. The number of nitrogens with one attached hydrogen (secondary N) is 1. The van der Waals surface area contributed by atoms with Crippen LogP contribution in [0, 0.1) is 0 Å². The monoisotopic (exact) mass is 411 g/mol. The third-order valence-corrected chi connectivity index (χ3v) is 4.59. The minimum atomic E-state index is -4.42. The minimum Gasteiger partial charge on any atom is -0.369 e. The van der Waals surface area contributed by atoms with Crippen molar-refractivity contribution in [3.05, 3.63) is 66.2 Å². The number of aliphatic imine (C=N–C) groups is 1. The SMILES string of the molecule is CSc1ccc(C(F)(F)F)cc1NC(N)=Nc1cccc2ccccc12.Cl. The predicted octanol–water partition coefficient (Wildman–Crippen LogP) is 6.06. The highest BCUT2D eigenvalue weighted by molar-refractivity contribution is 7.98. The van der Waals surface area contributed by atoms with Gasteiger partial charge in [-0.15, -0.1) is 24.2 Å². The van der Waals surface area contributed by atoms with Gasteiger partial charge >= 0.3 is 6.18 Å². The Morgan fingerprint density at radius 2 is 1.74 bits per heavy atom. The van der Waals surface area contributed by atoms with Crippen molar-refractivity contribution in [1.29, 1.82) is 0 Å². The first-order valence-electron chi connectivity index (χ1n) is 7.72. The van der Waals surface area contributed by atoms with Crippen LogP contribution in [0.4, 0.5) is 24.5 Å². The Bertz CT molecular complexity index is 969. The maximum absolute atomic E-state index is 13.0. The Kier molecular flexibility index (Phi) is 6.62. The number of nitrogens with zero attached hydrogens (tertiary/aromatic N) is 1. The Morgan fingerprint density at radius 3 is 2.44 bits per heavy atom. The molecule has 0 saturated carbocycles. The maximum Gasteiger partial charge on any atom is 0.416 e. The summed E-state index contributed by atoms with van der Waals surface area (Å²) in [7, 11) is 0. The summed E-state index contributed by atoms with van der Waals surface area (Å²) >= 11 is 1.33. The van der Waals surface area contributed by atoms with Gasteiger partial charge in [0, 0.05) is 10.3 Å². The first-order chi connectivity index (χ1) is 12.4. The van der Waals surface area contributed by atoms with Gasteiger partial charge in [0.15, 0.2) is 5.96 Å². The molecule has 3 aromatic rings. The van der Waals surface area contributed by atoms with E-state index < -0.39 is 11.7 Å². The lowest BCUT2D eigenvalue weighted by atomic mass is 10.1. The molecule has 0 unspecified atom stereocenters. The second-order valence-corrected chi connectivity index (χ2v) is 6.38. The number of benzene rings is 3. The number of hydrogen-bond donors (Lipinski definition) is 2. The summed E-state index contributed by atoms with van der Waals surface area (Å²) in [5.41, 5.74) is 6.14. The topological polar surface area (TPSA) is 50.4 Å². The standard InChI is InChI=1S/C19H16F3N3S.ClH/c1-26-17-10-9-13(19(20,21)22)11-16(17)25-18(23)24-15-8-4-6-12-5-2-3-7-14(12)15;/h2-11H,1H3,(H3,23,24,25);1H. The quantitative estimate of drug-likeness (QED) is 0.313. The molecule has 0 aliphatic rings. The molecule has 0 atom stereocenters. The summed E-state index contributed by atoms with van der Waals surface area (Å²) in [6, 6.07) is 16.8. The normalized spacial score (nSPS) is 11.9. The molecule has 0 bridgehead atoms. The molecular formula is C19H17ClF3N3S. The van der Waals surface area contributed by atoms with Gasteiger partial charge in [-0.05, 0) is 35.9 Å². The van der Waals surface area contributed by atoms with E-state index in [0.29, 0.717) is 10.6 Å². The van der Waals surface area contributed by atoms with Crippen LogP contribution < -0.4 is 11.1 Å². The summed E-state index contributed by atoms with van der Waals surface area (Å²) < 4.78 is 38.9. The van der Waals surface area contributed by atoms with E-state index in [1.807, 2.05) is 36.4 Å². The van der Waals surface area contributed by atoms with Crippen LogP contribution >= 0.6 is 24.2 Å². The van der Waals surface area contributed by atoms with Crippen LogP contribution in [0.1, 0.15) is 5.56 Å². The van der Waals surface area contributed by atoms with Crippen molar-refractivity contribution in [2.24, 2.45) is 10.7 Å². The zero-order valence-corrected chi connectivity index (χ0v) is 15.9. The van der Waals surface area contributed by atoms with Crippen LogP contribution in [0.25, 0.3) is 10.8 Å². The molecule has 3 aromatic carbocycles. The number of alkyl halides is 3. The van der Waals surface area contributed by atoms with Crippen molar-refractivity contribution in [3.63, 3.8) is 0 Å². The van der Waals surface area contributed by atoms with Crippen LogP contribution in [0.15, 0.2) is 70.6 Å². The molecule has 27 heavy (non-hydrogen) atoms. The fraction of sp³-hybridized carbons (Fsp3) is 0.105. The Labute approximate surface area is 165 Å². The molecule has 142 valence electrons. The molecule has 3 nitrogen and oxygen atoms in total. The number of fused-ring (bicyclic) bond motifs is 1. The van der Waals surface area contributed by atoms with E-state index in [2.05, 4.69) is 10.3 Å². The highest BCUT2D eigenvalue weighted by Gasteiger charge is 2.31. The van der Waals surface area contributed by atoms with Crippen molar-refractivity contribution in [2.75, 3.05) is 11.6 Å². The van der Waals surface area contributed by atoms with E-state index >= 15 is 0 Å². The highest BCUT2D eigenvalue weighted by Crippen LogP contribution is 2.35. The van der Waals surface area contributed by atoms with Gasteiger partial charge in [0.2, 0.25) is 0 Å². The highest BCUT2D eigenvalue weighted by atomic mass is 35.5. The van der Waals surface area contributed by atoms with Crippen molar-refractivity contribution < 1.29 is 13.2 Å². The average molecular weight is 412 g/mol. The Balaban J connectivity index is 0.00000261. The maximum atomic E-state index is 13.0. The fourth-order valence-corrected chi connectivity index (χ4v) is 3.12. The number of halogens is 4.